The molecule has 0 unspecified atom stereocenters. The summed E-state index contributed by atoms with van der Waals surface area (Å²) in [6.45, 7) is 0.385. The highest BCUT2D eigenvalue weighted by atomic mass is 19.4. The molecule has 2 aromatic heterocycles. The van der Waals surface area contributed by atoms with Gasteiger partial charge in [0.25, 0.3) is 0 Å². The average molecular weight is 292 g/mol. The largest absolute Gasteiger partial charge is 0.416 e. The molecule has 3 aromatic rings. The second-order valence-corrected chi connectivity index (χ2v) is 4.49. The first-order valence-corrected chi connectivity index (χ1v) is 6.22. The molecule has 0 aliphatic rings. The molecule has 4 nitrogen and oxygen atoms in total. The second kappa shape index (κ2) is 5.08. The number of anilines is 1. The summed E-state index contributed by atoms with van der Waals surface area (Å²) in [5.74, 6) is 0.634. The van der Waals surface area contributed by atoms with Gasteiger partial charge >= 0.3 is 6.18 Å². The Hall–Kier alpha value is -2.57. The Morgan fingerprint density at radius 1 is 1.05 bits per heavy atom. The van der Waals surface area contributed by atoms with E-state index < -0.39 is 11.7 Å². The van der Waals surface area contributed by atoms with Gasteiger partial charge in [-0.25, -0.2) is 9.50 Å². The Morgan fingerprint density at radius 2 is 1.81 bits per heavy atom. The maximum atomic E-state index is 12.5. The number of aromatic nitrogens is 3. The van der Waals surface area contributed by atoms with E-state index >= 15 is 0 Å². The summed E-state index contributed by atoms with van der Waals surface area (Å²) in [4.78, 5) is 4.20. The van der Waals surface area contributed by atoms with Gasteiger partial charge < -0.3 is 5.32 Å². The molecule has 0 amide bonds. The van der Waals surface area contributed by atoms with Crippen molar-refractivity contribution < 1.29 is 13.2 Å². The molecule has 0 radical (unpaired) electrons. The molecule has 1 N–H and O–H groups in total. The molecule has 0 fully saturated rings. The summed E-state index contributed by atoms with van der Waals surface area (Å²) in [5.41, 5.74) is 0.901. The number of nitrogens with one attached hydrogen (secondary N) is 1. The van der Waals surface area contributed by atoms with Crippen LogP contribution in [0, 0.1) is 0 Å². The fraction of sp³-hybridized carbons (Fsp3) is 0.143. The highest BCUT2D eigenvalue weighted by molar-refractivity contribution is 5.66. The van der Waals surface area contributed by atoms with Gasteiger partial charge in [-0.15, -0.1) is 0 Å². The molecule has 2 heterocycles. The van der Waals surface area contributed by atoms with E-state index in [1.54, 1.807) is 23.1 Å². The number of rotatable bonds is 3. The molecule has 0 aliphatic heterocycles. The number of nitrogens with zero attached hydrogens (tertiary/aromatic N) is 3. The van der Waals surface area contributed by atoms with Crippen molar-refractivity contribution in [1.29, 1.82) is 0 Å². The summed E-state index contributed by atoms with van der Waals surface area (Å²) >= 11 is 0. The van der Waals surface area contributed by atoms with Crippen molar-refractivity contribution in [2.45, 2.75) is 12.7 Å². The van der Waals surface area contributed by atoms with Crippen LogP contribution in [-0.4, -0.2) is 14.6 Å². The third kappa shape index (κ3) is 2.81. The van der Waals surface area contributed by atoms with Gasteiger partial charge in [0, 0.05) is 18.9 Å². The molecule has 21 heavy (non-hydrogen) atoms. The second-order valence-electron chi connectivity index (χ2n) is 4.49. The van der Waals surface area contributed by atoms with Crippen LogP contribution in [0.15, 0.2) is 48.9 Å². The van der Waals surface area contributed by atoms with Gasteiger partial charge in [0.15, 0.2) is 5.82 Å². The van der Waals surface area contributed by atoms with Crippen LogP contribution >= 0.6 is 0 Å². The van der Waals surface area contributed by atoms with E-state index in [0.29, 0.717) is 12.4 Å². The molecule has 108 valence electrons. The summed E-state index contributed by atoms with van der Waals surface area (Å²) in [6, 6.07) is 6.86. The van der Waals surface area contributed by atoms with Gasteiger partial charge in [-0.05, 0) is 23.8 Å². The van der Waals surface area contributed by atoms with E-state index in [-0.39, 0.29) is 0 Å². The van der Waals surface area contributed by atoms with Gasteiger partial charge in [0.1, 0.15) is 5.52 Å². The van der Waals surface area contributed by atoms with Crippen LogP contribution in [0.4, 0.5) is 19.0 Å². The van der Waals surface area contributed by atoms with Crippen LogP contribution in [0.5, 0.6) is 0 Å². The Labute approximate surface area is 118 Å². The zero-order valence-corrected chi connectivity index (χ0v) is 10.8. The summed E-state index contributed by atoms with van der Waals surface area (Å²) < 4.78 is 39.1. The summed E-state index contributed by atoms with van der Waals surface area (Å²) in [6.07, 6.45) is 0.671. The Balaban J connectivity index is 1.74. The Bertz CT molecular complexity index is 747. The molecule has 7 heteroatoms. The van der Waals surface area contributed by atoms with E-state index in [4.69, 9.17) is 0 Å². The SMILES string of the molecule is FC(F)(F)c1ccc(CNc2nccn3nccc23)cc1. The smallest absolute Gasteiger partial charge is 0.364 e. The molecule has 0 bridgehead atoms. The number of hydrogen-bond donors (Lipinski definition) is 1. The lowest BCUT2D eigenvalue weighted by Gasteiger charge is -2.09. The van der Waals surface area contributed by atoms with Gasteiger partial charge in [-0.3, -0.25) is 0 Å². The van der Waals surface area contributed by atoms with E-state index in [0.717, 1.165) is 23.2 Å². The molecule has 0 saturated heterocycles. The maximum Gasteiger partial charge on any atom is 0.416 e. The lowest BCUT2D eigenvalue weighted by Crippen LogP contribution is -2.06. The zero-order valence-electron chi connectivity index (χ0n) is 10.8. The van der Waals surface area contributed by atoms with Crippen LogP contribution in [-0.2, 0) is 12.7 Å². The van der Waals surface area contributed by atoms with E-state index in [1.807, 2.05) is 6.07 Å². The molecule has 0 atom stereocenters. The minimum atomic E-state index is -4.31. The minimum absolute atomic E-state index is 0.385. The highest BCUT2D eigenvalue weighted by Gasteiger charge is 2.29. The number of halogens is 3. The van der Waals surface area contributed by atoms with Crippen LogP contribution in [0.2, 0.25) is 0 Å². The number of alkyl halides is 3. The van der Waals surface area contributed by atoms with Crippen molar-refractivity contribution >= 4 is 11.3 Å². The maximum absolute atomic E-state index is 12.5. The van der Waals surface area contributed by atoms with Crippen molar-refractivity contribution in [2.24, 2.45) is 0 Å². The molecule has 3 rings (SSSR count). The standard InChI is InChI=1S/C14H11F3N4/c15-14(16,17)11-3-1-10(2-4-11)9-19-13-12-5-6-20-21(12)8-7-18-13/h1-8H,9H2,(H,18,19). The summed E-state index contributed by atoms with van der Waals surface area (Å²) in [7, 11) is 0. The van der Waals surface area contributed by atoms with Crippen molar-refractivity contribution in [3.63, 3.8) is 0 Å². The highest BCUT2D eigenvalue weighted by Crippen LogP contribution is 2.29. The normalized spacial score (nSPS) is 11.8. The van der Waals surface area contributed by atoms with Crippen LogP contribution in [0.1, 0.15) is 11.1 Å². The first-order valence-electron chi connectivity index (χ1n) is 6.22. The fourth-order valence-corrected chi connectivity index (χ4v) is 1.99. The third-order valence-electron chi connectivity index (χ3n) is 3.07. The van der Waals surface area contributed by atoms with Crippen LogP contribution < -0.4 is 5.32 Å². The van der Waals surface area contributed by atoms with Gasteiger partial charge in [-0.1, -0.05) is 12.1 Å². The predicted molar refractivity (Wildman–Crippen MR) is 71.8 cm³/mol. The van der Waals surface area contributed by atoms with Gasteiger partial charge in [0.2, 0.25) is 0 Å². The van der Waals surface area contributed by atoms with Gasteiger partial charge in [-0.2, -0.15) is 18.3 Å². The van der Waals surface area contributed by atoms with Crippen LogP contribution in [0.25, 0.3) is 5.52 Å². The molecule has 1 aromatic carbocycles. The Kier molecular flexibility index (Phi) is 3.25. The molecular weight excluding hydrogens is 281 g/mol. The molecular formula is C14H11F3N4. The van der Waals surface area contributed by atoms with Crippen molar-refractivity contribution in [3.05, 3.63) is 60.0 Å². The van der Waals surface area contributed by atoms with E-state index in [9.17, 15) is 13.2 Å². The zero-order chi connectivity index (χ0) is 14.9. The average Bonchev–Trinajstić information content (AvgIpc) is 2.93. The number of fused-ring (bicyclic) bond motifs is 1. The third-order valence-corrected chi connectivity index (χ3v) is 3.07. The molecule has 0 spiro atoms. The minimum Gasteiger partial charge on any atom is -0.364 e. The number of hydrogen-bond acceptors (Lipinski definition) is 3. The first kappa shape index (κ1) is 13.4. The molecule has 0 saturated carbocycles. The fourth-order valence-electron chi connectivity index (χ4n) is 1.99. The monoisotopic (exact) mass is 292 g/mol. The van der Waals surface area contributed by atoms with Crippen molar-refractivity contribution in [2.75, 3.05) is 5.32 Å². The Morgan fingerprint density at radius 3 is 2.52 bits per heavy atom. The van der Waals surface area contributed by atoms with E-state index in [1.165, 1.54) is 12.1 Å². The first-order chi connectivity index (χ1) is 10.0. The van der Waals surface area contributed by atoms with Crippen LogP contribution in [0.3, 0.4) is 0 Å². The topological polar surface area (TPSA) is 42.2 Å². The lowest BCUT2D eigenvalue weighted by atomic mass is 10.1. The predicted octanol–water partition coefficient (Wildman–Crippen LogP) is 3.36. The van der Waals surface area contributed by atoms with Crippen molar-refractivity contribution in [3.8, 4) is 0 Å². The molecule has 0 aliphatic carbocycles. The van der Waals surface area contributed by atoms with Crippen molar-refractivity contribution in [1.82, 2.24) is 14.6 Å². The van der Waals surface area contributed by atoms with E-state index in [2.05, 4.69) is 15.4 Å². The summed E-state index contributed by atoms with van der Waals surface area (Å²) in [5, 5.41) is 7.18. The van der Waals surface area contributed by atoms with Gasteiger partial charge in [0.05, 0.1) is 11.8 Å². The lowest BCUT2D eigenvalue weighted by molar-refractivity contribution is -0.137. The quantitative estimate of drug-likeness (QED) is 0.805. The number of benzene rings is 1.